The van der Waals surface area contributed by atoms with Crippen LogP contribution in [0.15, 0.2) is 24.3 Å². The lowest BCUT2D eigenvalue weighted by Gasteiger charge is -2.42. The first-order chi connectivity index (χ1) is 16.1. The molecule has 4 unspecified atom stereocenters. The molecule has 4 rings (SSSR count). The van der Waals surface area contributed by atoms with Crippen LogP contribution in [0.5, 0.6) is 23.0 Å². The molecular formula is C30H42O4. The monoisotopic (exact) mass is 466 g/mol. The number of hydrogen-bond acceptors (Lipinski definition) is 4. The summed E-state index contributed by atoms with van der Waals surface area (Å²) in [5.74, 6) is 0.112. The topological polar surface area (TPSA) is 80.9 Å². The average Bonchev–Trinajstić information content (AvgIpc) is 3.19. The van der Waals surface area contributed by atoms with Crippen molar-refractivity contribution in [2.24, 2.45) is 5.92 Å². The number of fused-ring (bicyclic) bond motifs is 4. The fourth-order valence-corrected chi connectivity index (χ4v) is 7.83. The van der Waals surface area contributed by atoms with Crippen molar-refractivity contribution >= 4 is 0 Å². The standard InChI is InChI=1S/C30H42O4/c1-6-9-16-28(4)18-30(19-12-14-21(31)26(33)24(19)28)20-13-15-22(32)27(34)25(20)29(5,17-10-7-2)23(30)11-8-3/h12-15,23,31-34H,6-11,16-18H2,1-5H3. The second kappa shape index (κ2) is 8.70. The molecule has 4 heteroatoms. The highest BCUT2D eigenvalue weighted by Crippen LogP contribution is 2.71. The van der Waals surface area contributed by atoms with Gasteiger partial charge in [0.05, 0.1) is 0 Å². The maximum atomic E-state index is 11.3. The molecule has 4 N–H and O–H groups in total. The van der Waals surface area contributed by atoms with Crippen LogP contribution in [-0.4, -0.2) is 20.4 Å². The van der Waals surface area contributed by atoms with Crippen molar-refractivity contribution < 1.29 is 20.4 Å². The quantitative estimate of drug-likeness (QED) is 0.303. The van der Waals surface area contributed by atoms with Gasteiger partial charge in [-0.25, -0.2) is 0 Å². The molecule has 2 aliphatic rings. The van der Waals surface area contributed by atoms with Crippen LogP contribution in [0.2, 0.25) is 0 Å². The zero-order chi connectivity index (χ0) is 24.9. The van der Waals surface area contributed by atoms with Gasteiger partial charge in [-0.1, -0.05) is 78.9 Å². The number of phenolic OH excluding ortho intramolecular Hbond substituents is 4. The largest absolute Gasteiger partial charge is 0.504 e. The third-order valence-corrected chi connectivity index (χ3v) is 9.19. The summed E-state index contributed by atoms with van der Waals surface area (Å²) in [4.78, 5) is 0. The van der Waals surface area contributed by atoms with Gasteiger partial charge in [0.1, 0.15) is 0 Å². The zero-order valence-electron chi connectivity index (χ0n) is 21.5. The van der Waals surface area contributed by atoms with Crippen molar-refractivity contribution in [3.8, 4) is 23.0 Å². The maximum absolute atomic E-state index is 11.3. The van der Waals surface area contributed by atoms with Crippen LogP contribution in [0.3, 0.4) is 0 Å². The molecule has 0 heterocycles. The Morgan fingerprint density at radius 2 is 1.26 bits per heavy atom. The summed E-state index contributed by atoms with van der Waals surface area (Å²) in [7, 11) is 0. The third-order valence-electron chi connectivity index (χ3n) is 9.19. The highest BCUT2D eigenvalue weighted by molar-refractivity contribution is 5.69. The lowest BCUT2D eigenvalue weighted by molar-refractivity contribution is 0.173. The van der Waals surface area contributed by atoms with Crippen molar-refractivity contribution in [1.82, 2.24) is 0 Å². The fraction of sp³-hybridized carbons (Fsp3) is 0.600. The van der Waals surface area contributed by atoms with Crippen LogP contribution in [-0.2, 0) is 16.2 Å². The first-order valence-electron chi connectivity index (χ1n) is 13.2. The van der Waals surface area contributed by atoms with E-state index in [-0.39, 0.29) is 45.2 Å². The number of hydrogen-bond donors (Lipinski definition) is 4. The molecule has 2 aliphatic carbocycles. The van der Waals surface area contributed by atoms with E-state index in [1.54, 1.807) is 12.1 Å². The number of benzene rings is 2. The van der Waals surface area contributed by atoms with Crippen molar-refractivity contribution in [1.29, 1.82) is 0 Å². The number of phenols is 4. The second-order valence-electron chi connectivity index (χ2n) is 11.4. The van der Waals surface area contributed by atoms with Gasteiger partial charge >= 0.3 is 0 Å². The Hall–Kier alpha value is -2.36. The van der Waals surface area contributed by atoms with E-state index in [9.17, 15) is 20.4 Å². The molecule has 0 saturated carbocycles. The van der Waals surface area contributed by atoms with Gasteiger partial charge in [0.2, 0.25) is 0 Å². The third kappa shape index (κ3) is 3.24. The minimum Gasteiger partial charge on any atom is -0.504 e. The minimum atomic E-state index is -0.387. The maximum Gasteiger partial charge on any atom is 0.161 e. The van der Waals surface area contributed by atoms with Crippen LogP contribution in [0.1, 0.15) is 115 Å². The number of unbranched alkanes of at least 4 members (excludes halogenated alkanes) is 2. The van der Waals surface area contributed by atoms with E-state index in [1.807, 2.05) is 12.1 Å². The Balaban J connectivity index is 2.08. The number of rotatable bonds is 8. The first kappa shape index (κ1) is 24.8. The van der Waals surface area contributed by atoms with E-state index in [4.69, 9.17) is 0 Å². The molecule has 4 atom stereocenters. The highest BCUT2D eigenvalue weighted by Gasteiger charge is 2.65. The molecule has 34 heavy (non-hydrogen) atoms. The normalized spacial score (nSPS) is 29.5. The van der Waals surface area contributed by atoms with E-state index in [1.165, 1.54) is 0 Å². The van der Waals surface area contributed by atoms with Crippen molar-refractivity contribution in [2.75, 3.05) is 0 Å². The van der Waals surface area contributed by atoms with Crippen LogP contribution in [0.4, 0.5) is 0 Å². The van der Waals surface area contributed by atoms with Gasteiger partial charge in [0, 0.05) is 22.0 Å². The molecule has 0 amide bonds. The van der Waals surface area contributed by atoms with Crippen molar-refractivity contribution in [3.63, 3.8) is 0 Å². The summed E-state index contributed by atoms with van der Waals surface area (Å²) in [6.07, 6.45) is 8.91. The Kier molecular flexibility index (Phi) is 6.33. The van der Waals surface area contributed by atoms with Gasteiger partial charge in [-0.2, -0.15) is 0 Å². The molecule has 0 aliphatic heterocycles. The molecule has 2 aromatic carbocycles. The Morgan fingerprint density at radius 1 is 0.735 bits per heavy atom. The fourth-order valence-electron chi connectivity index (χ4n) is 7.83. The SMILES string of the molecule is CCCCC1(C)CC2(c3ccc(O)c(O)c31)c1ccc(O)c(O)c1C(C)(CCCC)C2CCC. The predicted octanol–water partition coefficient (Wildman–Crippen LogP) is 7.52. The summed E-state index contributed by atoms with van der Waals surface area (Å²) < 4.78 is 0. The van der Waals surface area contributed by atoms with E-state index in [0.29, 0.717) is 0 Å². The van der Waals surface area contributed by atoms with Crippen molar-refractivity contribution in [3.05, 3.63) is 46.5 Å². The summed E-state index contributed by atoms with van der Waals surface area (Å²) in [6, 6.07) is 7.30. The summed E-state index contributed by atoms with van der Waals surface area (Å²) in [5.41, 5.74) is 2.96. The molecule has 0 saturated heterocycles. The molecule has 2 aromatic rings. The van der Waals surface area contributed by atoms with E-state index >= 15 is 0 Å². The summed E-state index contributed by atoms with van der Waals surface area (Å²) >= 11 is 0. The van der Waals surface area contributed by atoms with E-state index in [2.05, 4.69) is 34.6 Å². The zero-order valence-corrected chi connectivity index (χ0v) is 21.5. The molecule has 0 fully saturated rings. The smallest absolute Gasteiger partial charge is 0.161 e. The lowest BCUT2D eigenvalue weighted by Crippen LogP contribution is -2.40. The predicted molar refractivity (Wildman–Crippen MR) is 137 cm³/mol. The minimum absolute atomic E-state index is 0.00920. The Labute approximate surface area is 204 Å². The van der Waals surface area contributed by atoms with Crippen LogP contribution in [0.25, 0.3) is 0 Å². The van der Waals surface area contributed by atoms with Crippen LogP contribution < -0.4 is 0 Å². The molecule has 0 radical (unpaired) electrons. The lowest BCUT2D eigenvalue weighted by atomic mass is 9.60. The molecule has 1 spiro atoms. The molecule has 0 aromatic heterocycles. The van der Waals surface area contributed by atoms with Crippen LogP contribution >= 0.6 is 0 Å². The van der Waals surface area contributed by atoms with Crippen molar-refractivity contribution in [2.45, 2.75) is 109 Å². The summed E-state index contributed by atoms with van der Waals surface area (Å²) in [6.45, 7) is 11.1. The van der Waals surface area contributed by atoms with Gasteiger partial charge in [-0.3, -0.25) is 0 Å². The highest BCUT2D eigenvalue weighted by atomic mass is 16.3. The van der Waals surface area contributed by atoms with Crippen LogP contribution in [0, 0.1) is 5.92 Å². The molecular weight excluding hydrogens is 424 g/mol. The number of aromatic hydroxyl groups is 4. The first-order valence-corrected chi connectivity index (χ1v) is 13.2. The van der Waals surface area contributed by atoms with E-state index in [0.717, 1.165) is 80.0 Å². The van der Waals surface area contributed by atoms with Gasteiger partial charge in [0.25, 0.3) is 0 Å². The van der Waals surface area contributed by atoms with Gasteiger partial charge in [-0.05, 0) is 60.3 Å². The molecule has 4 nitrogen and oxygen atoms in total. The molecule has 186 valence electrons. The van der Waals surface area contributed by atoms with Gasteiger partial charge in [0.15, 0.2) is 23.0 Å². The van der Waals surface area contributed by atoms with Gasteiger partial charge < -0.3 is 20.4 Å². The second-order valence-corrected chi connectivity index (χ2v) is 11.4. The average molecular weight is 467 g/mol. The Bertz CT molecular complexity index is 1060. The molecule has 0 bridgehead atoms. The van der Waals surface area contributed by atoms with Gasteiger partial charge in [-0.15, -0.1) is 0 Å². The van der Waals surface area contributed by atoms with E-state index < -0.39 is 0 Å². The Morgan fingerprint density at radius 3 is 1.82 bits per heavy atom. The summed E-state index contributed by atoms with van der Waals surface area (Å²) in [5, 5.41) is 43.5.